The first kappa shape index (κ1) is 19.7. The Kier molecular flexibility index (Phi) is 6.06. The van der Waals surface area contributed by atoms with Gasteiger partial charge in [-0.05, 0) is 50.1 Å². The predicted molar refractivity (Wildman–Crippen MR) is 105 cm³/mol. The summed E-state index contributed by atoms with van der Waals surface area (Å²) in [4.78, 5) is 12.2. The highest BCUT2D eigenvalue weighted by Gasteiger charge is 2.29. The first-order valence-corrected chi connectivity index (χ1v) is 10.4. The number of halogens is 1. The van der Waals surface area contributed by atoms with Crippen LogP contribution in [-0.4, -0.2) is 19.1 Å². The van der Waals surface area contributed by atoms with Crippen LogP contribution in [0.1, 0.15) is 31.9 Å². The van der Waals surface area contributed by atoms with Gasteiger partial charge in [0.25, 0.3) is 0 Å². The maximum atomic E-state index is 12.3. The molecule has 0 atom stereocenters. The molecule has 0 fully saturated rings. The number of anilines is 1. The lowest BCUT2D eigenvalue weighted by atomic mass is 10.1. The van der Waals surface area contributed by atoms with Crippen molar-refractivity contribution in [3.63, 3.8) is 0 Å². The van der Waals surface area contributed by atoms with Crippen LogP contribution < -0.4 is 5.32 Å². The molecule has 2 rings (SSSR count). The van der Waals surface area contributed by atoms with Crippen LogP contribution in [-0.2, 0) is 26.8 Å². The van der Waals surface area contributed by atoms with Crippen molar-refractivity contribution in [3.05, 3.63) is 64.1 Å². The minimum atomic E-state index is -3.27. The van der Waals surface area contributed by atoms with Crippen molar-refractivity contribution in [2.24, 2.45) is 0 Å². The van der Waals surface area contributed by atoms with Crippen LogP contribution in [0.25, 0.3) is 0 Å². The Labute approximate surface area is 157 Å². The third-order valence-electron chi connectivity index (χ3n) is 3.81. The molecule has 0 heterocycles. The summed E-state index contributed by atoms with van der Waals surface area (Å²) in [5.74, 6) is -0.201. The van der Waals surface area contributed by atoms with E-state index in [1.165, 1.54) is 0 Å². The van der Waals surface area contributed by atoms with Crippen LogP contribution in [0.15, 0.2) is 53.0 Å². The molecule has 4 nitrogen and oxygen atoms in total. The third kappa shape index (κ3) is 5.41. The van der Waals surface area contributed by atoms with E-state index in [2.05, 4.69) is 21.2 Å². The Balaban J connectivity index is 2.09. The van der Waals surface area contributed by atoms with Gasteiger partial charge in [-0.15, -0.1) is 0 Å². The standard InChI is InChI=1S/C19H22BrNO3S/c1-19(2,3)25(23,24)13-14-7-6-9-16(11-14)21-18(22)12-15-8-4-5-10-17(15)20/h4-11H,12-13H2,1-3H3,(H,21,22). The number of amides is 1. The lowest BCUT2D eigenvalue weighted by Gasteiger charge is -2.19. The molecule has 1 N–H and O–H groups in total. The summed E-state index contributed by atoms with van der Waals surface area (Å²) in [6.45, 7) is 5.06. The van der Waals surface area contributed by atoms with Crippen molar-refractivity contribution >= 4 is 37.4 Å². The first-order valence-electron chi connectivity index (χ1n) is 7.93. The van der Waals surface area contributed by atoms with Gasteiger partial charge >= 0.3 is 0 Å². The van der Waals surface area contributed by atoms with E-state index in [1.54, 1.807) is 45.0 Å². The summed E-state index contributed by atoms with van der Waals surface area (Å²) >= 11 is 3.43. The van der Waals surface area contributed by atoms with Gasteiger partial charge in [0.2, 0.25) is 5.91 Å². The van der Waals surface area contributed by atoms with E-state index in [1.807, 2.05) is 24.3 Å². The molecule has 0 spiro atoms. The minimum Gasteiger partial charge on any atom is -0.326 e. The summed E-state index contributed by atoms with van der Waals surface area (Å²) in [5, 5.41) is 2.83. The average Bonchev–Trinajstić information content (AvgIpc) is 2.48. The van der Waals surface area contributed by atoms with Crippen molar-refractivity contribution in [2.75, 3.05) is 5.32 Å². The number of carbonyl (C=O) groups excluding carboxylic acids is 1. The maximum Gasteiger partial charge on any atom is 0.228 e. The summed E-state index contributed by atoms with van der Waals surface area (Å²) in [7, 11) is -3.27. The summed E-state index contributed by atoms with van der Waals surface area (Å²) in [5.41, 5.74) is 2.15. The fourth-order valence-electron chi connectivity index (χ4n) is 2.19. The second-order valence-corrected chi connectivity index (χ2v) is 10.5. The van der Waals surface area contributed by atoms with E-state index in [-0.39, 0.29) is 18.1 Å². The molecular formula is C19H22BrNO3S. The van der Waals surface area contributed by atoms with Gasteiger partial charge in [0.15, 0.2) is 9.84 Å². The molecule has 2 aromatic rings. The van der Waals surface area contributed by atoms with E-state index in [4.69, 9.17) is 0 Å². The van der Waals surface area contributed by atoms with E-state index < -0.39 is 14.6 Å². The molecule has 0 aliphatic rings. The fourth-order valence-corrected chi connectivity index (χ4v) is 3.67. The molecule has 1 amide bonds. The Morgan fingerprint density at radius 1 is 1.08 bits per heavy atom. The molecular weight excluding hydrogens is 402 g/mol. The van der Waals surface area contributed by atoms with E-state index in [9.17, 15) is 13.2 Å². The molecule has 134 valence electrons. The fraction of sp³-hybridized carbons (Fsp3) is 0.316. The quantitative estimate of drug-likeness (QED) is 0.777. The highest BCUT2D eigenvalue weighted by atomic mass is 79.9. The number of rotatable bonds is 5. The van der Waals surface area contributed by atoms with Crippen LogP contribution >= 0.6 is 15.9 Å². The normalized spacial score (nSPS) is 12.0. The molecule has 0 bridgehead atoms. The largest absolute Gasteiger partial charge is 0.326 e. The molecule has 6 heteroatoms. The zero-order valence-electron chi connectivity index (χ0n) is 14.5. The van der Waals surface area contributed by atoms with Crippen molar-refractivity contribution in [2.45, 2.75) is 37.7 Å². The van der Waals surface area contributed by atoms with Gasteiger partial charge in [-0.3, -0.25) is 4.79 Å². The highest BCUT2D eigenvalue weighted by molar-refractivity contribution is 9.10. The van der Waals surface area contributed by atoms with Gasteiger partial charge in [0, 0.05) is 10.2 Å². The molecule has 2 aromatic carbocycles. The van der Waals surface area contributed by atoms with Gasteiger partial charge in [-0.25, -0.2) is 8.42 Å². The summed E-state index contributed by atoms with van der Waals surface area (Å²) in [6, 6.07) is 14.5. The minimum absolute atomic E-state index is 0.0511. The van der Waals surface area contributed by atoms with Gasteiger partial charge in [-0.1, -0.05) is 46.3 Å². The Morgan fingerprint density at radius 2 is 1.76 bits per heavy atom. The summed E-state index contributed by atoms with van der Waals surface area (Å²) < 4.78 is 24.8. The zero-order chi connectivity index (χ0) is 18.7. The lowest BCUT2D eigenvalue weighted by Crippen LogP contribution is -2.29. The molecule has 0 unspecified atom stereocenters. The topological polar surface area (TPSA) is 63.2 Å². The lowest BCUT2D eigenvalue weighted by molar-refractivity contribution is -0.115. The van der Waals surface area contributed by atoms with Gasteiger partial charge in [0.1, 0.15) is 0 Å². The first-order chi connectivity index (χ1) is 11.6. The zero-order valence-corrected chi connectivity index (χ0v) is 16.9. The number of hydrogen-bond donors (Lipinski definition) is 1. The number of carbonyl (C=O) groups is 1. The molecule has 25 heavy (non-hydrogen) atoms. The van der Waals surface area contributed by atoms with Gasteiger partial charge in [0.05, 0.1) is 16.9 Å². The van der Waals surface area contributed by atoms with Crippen molar-refractivity contribution in [1.29, 1.82) is 0 Å². The summed E-state index contributed by atoms with van der Waals surface area (Å²) in [6.07, 6.45) is 0.242. The van der Waals surface area contributed by atoms with Gasteiger partial charge < -0.3 is 5.32 Å². The second-order valence-electron chi connectivity index (χ2n) is 6.89. The molecule has 0 saturated carbocycles. The molecule has 0 saturated heterocycles. The highest BCUT2D eigenvalue weighted by Crippen LogP contribution is 2.22. The Morgan fingerprint density at radius 3 is 2.40 bits per heavy atom. The van der Waals surface area contributed by atoms with E-state index in [0.29, 0.717) is 11.3 Å². The second kappa shape index (κ2) is 7.70. The van der Waals surface area contributed by atoms with Crippen molar-refractivity contribution in [3.8, 4) is 0 Å². The van der Waals surface area contributed by atoms with Crippen LogP contribution in [0.4, 0.5) is 5.69 Å². The third-order valence-corrected chi connectivity index (χ3v) is 7.16. The van der Waals surface area contributed by atoms with Crippen molar-refractivity contribution in [1.82, 2.24) is 0 Å². The average molecular weight is 424 g/mol. The van der Waals surface area contributed by atoms with Crippen LogP contribution in [0.5, 0.6) is 0 Å². The predicted octanol–water partition coefficient (Wildman–Crippen LogP) is 4.34. The Bertz CT molecular complexity index is 870. The molecule has 0 aliphatic carbocycles. The van der Waals surface area contributed by atoms with E-state index >= 15 is 0 Å². The number of nitrogens with one attached hydrogen (secondary N) is 1. The van der Waals surface area contributed by atoms with E-state index in [0.717, 1.165) is 10.0 Å². The van der Waals surface area contributed by atoms with Crippen LogP contribution in [0.2, 0.25) is 0 Å². The van der Waals surface area contributed by atoms with Crippen LogP contribution in [0, 0.1) is 0 Å². The van der Waals surface area contributed by atoms with Crippen molar-refractivity contribution < 1.29 is 13.2 Å². The number of hydrogen-bond acceptors (Lipinski definition) is 3. The maximum absolute atomic E-state index is 12.3. The molecule has 0 aliphatic heterocycles. The monoisotopic (exact) mass is 423 g/mol. The van der Waals surface area contributed by atoms with Gasteiger partial charge in [-0.2, -0.15) is 0 Å². The molecule has 0 radical (unpaired) electrons. The number of benzene rings is 2. The Hall–Kier alpha value is -1.66. The smallest absolute Gasteiger partial charge is 0.228 e. The molecule has 0 aromatic heterocycles. The SMILES string of the molecule is CC(C)(C)S(=O)(=O)Cc1cccc(NC(=O)Cc2ccccc2Br)c1. The number of sulfone groups is 1. The van der Waals surface area contributed by atoms with Crippen LogP contribution in [0.3, 0.4) is 0 Å².